The Hall–Kier alpha value is -1.17. The smallest absolute Gasteiger partial charge is 0.330 e. The Morgan fingerprint density at radius 3 is 2.75 bits per heavy atom. The highest BCUT2D eigenvalue weighted by Gasteiger charge is 2.24. The molecule has 0 spiro atoms. The molecule has 0 saturated heterocycles. The van der Waals surface area contributed by atoms with Crippen molar-refractivity contribution in [2.45, 2.75) is 31.8 Å². The lowest BCUT2D eigenvalue weighted by atomic mass is 10.3. The Kier molecular flexibility index (Phi) is 3.38. The van der Waals surface area contributed by atoms with Gasteiger partial charge in [0, 0.05) is 6.20 Å². The van der Waals surface area contributed by atoms with Gasteiger partial charge >= 0.3 is 5.69 Å². The number of halogens is 1. The number of pyridine rings is 1. The van der Waals surface area contributed by atoms with Crippen LogP contribution >= 0.6 is 15.9 Å². The second-order valence-corrected chi connectivity index (χ2v) is 4.61. The molecule has 1 aromatic rings. The summed E-state index contributed by atoms with van der Waals surface area (Å²) in [7, 11) is 0. The van der Waals surface area contributed by atoms with Crippen molar-refractivity contribution in [2.75, 3.05) is 0 Å². The van der Waals surface area contributed by atoms with E-state index in [1.54, 1.807) is 0 Å². The summed E-state index contributed by atoms with van der Waals surface area (Å²) in [5.41, 5.74) is -0.0822. The average molecular weight is 287 g/mol. The van der Waals surface area contributed by atoms with E-state index < -0.39 is 4.92 Å². The Labute approximate surface area is 101 Å². The first-order chi connectivity index (χ1) is 7.68. The van der Waals surface area contributed by atoms with Gasteiger partial charge in [-0.15, -0.1) is 0 Å². The molecule has 0 radical (unpaired) electrons. The van der Waals surface area contributed by atoms with Gasteiger partial charge in [-0.25, -0.2) is 0 Å². The SMILES string of the molecule is O=[N+]([O-])c1cncc(Br)c1OC1CCCC1. The third kappa shape index (κ3) is 2.32. The molecule has 16 heavy (non-hydrogen) atoms. The molecule has 1 aliphatic rings. The second-order valence-electron chi connectivity index (χ2n) is 3.75. The normalized spacial score (nSPS) is 16.3. The number of nitrogens with zero attached hydrogens (tertiary/aromatic N) is 2. The minimum Gasteiger partial charge on any atom is -0.483 e. The molecule has 86 valence electrons. The van der Waals surface area contributed by atoms with Crippen LogP contribution in [0.4, 0.5) is 5.69 Å². The predicted molar refractivity (Wildman–Crippen MR) is 61.5 cm³/mol. The molecule has 0 amide bonds. The maximum Gasteiger partial charge on any atom is 0.330 e. The summed E-state index contributed by atoms with van der Waals surface area (Å²) in [6.45, 7) is 0. The second kappa shape index (κ2) is 4.78. The Bertz CT molecular complexity index is 405. The standard InChI is InChI=1S/C10H11BrN2O3/c11-8-5-12-6-9(13(14)15)10(8)16-7-3-1-2-4-7/h5-7H,1-4H2. The van der Waals surface area contributed by atoms with Crippen molar-refractivity contribution >= 4 is 21.6 Å². The van der Waals surface area contributed by atoms with E-state index in [2.05, 4.69) is 20.9 Å². The zero-order valence-corrected chi connectivity index (χ0v) is 10.1. The molecule has 0 N–H and O–H groups in total. The maximum atomic E-state index is 10.8. The van der Waals surface area contributed by atoms with Gasteiger partial charge in [0.1, 0.15) is 6.20 Å². The third-order valence-electron chi connectivity index (χ3n) is 2.62. The van der Waals surface area contributed by atoms with E-state index in [0.29, 0.717) is 10.2 Å². The number of ether oxygens (including phenoxy) is 1. The fourth-order valence-corrected chi connectivity index (χ4v) is 2.25. The zero-order chi connectivity index (χ0) is 11.5. The Morgan fingerprint density at radius 2 is 2.12 bits per heavy atom. The van der Waals surface area contributed by atoms with E-state index in [1.165, 1.54) is 12.4 Å². The number of hydrogen-bond acceptors (Lipinski definition) is 4. The topological polar surface area (TPSA) is 65.3 Å². The minimum atomic E-state index is -0.470. The summed E-state index contributed by atoms with van der Waals surface area (Å²) >= 11 is 3.23. The van der Waals surface area contributed by atoms with Gasteiger partial charge in [-0.05, 0) is 41.6 Å². The van der Waals surface area contributed by atoms with Crippen molar-refractivity contribution < 1.29 is 9.66 Å². The van der Waals surface area contributed by atoms with Crippen molar-refractivity contribution in [2.24, 2.45) is 0 Å². The van der Waals surface area contributed by atoms with Crippen LogP contribution < -0.4 is 4.74 Å². The maximum absolute atomic E-state index is 10.8. The van der Waals surface area contributed by atoms with Crippen molar-refractivity contribution in [3.63, 3.8) is 0 Å². The molecular weight excluding hydrogens is 276 g/mol. The lowest BCUT2D eigenvalue weighted by Gasteiger charge is -2.13. The summed E-state index contributed by atoms with van der Waals surface area (Å²) in [5.74, 6) is 0.298. The van der Waals surface area contributed by atoms with Gasteiger partial charge in [-0.2, -0.15) is 0 Å². The highest BCUT2D eigenvalue weighted by molar-refractivity contribution is 9.10. The Morgan fingerprint density at radius 1 is 1.44 bits per heavy atom. The summed E-state index contributed by atoms with van der Waals surface area (Å²) in [4.78, 5) is 14.1. The lowest BCUT2D eigenvalue weighted by Crippen LogP contribution is -2.12. The van der Waals surface area contributed by atoms with E-state index in [0.717, 1.165) is 25.7 Å². The molecule has 6 heteroatoms. The number of nitro groups is 1. The monoisotopic (exact) mass is 286 g/mol. The van der Waals surface area contributed by atoms with Crippen LogP contribution in [-0.2, 0) is 0 Å². The van der Waals surface area contributed by atoms with Crippen molar-refractivity contribution in [3.8, 4) is 5.75 Å². The fourth-order valence-electron chi connectivity index (χ4n) is 1.83. The number of hydrogen-bond donors (Lipinski definition) is 0. The van der Waals surface area contributed by atoms with Crippen LogP contribution in [0.5, 0.6) is 5.75 Å². The summed E-state index contributed by atoms with van der Waals surface area (Å²) in [6, 6.07) is 0. The molecule has 5 nitrogen and oxygen atoms in total. The molecule has 1 aromatic heterocycles. The molecule has 2 rings (SSSR count). The third-order valence-corrected chi connectivity index (χ3v) is 3.18. The van der Waals surface area contributed by atoms with Gasteiger partial charge in [0.25, 0.3) is 0 Å². The van der Waals surface area contributed by atoms with Crippen LogP contribution in [0.3, 0.4) is 0 Å². The first kappa shape index (κ1) is 11.3. The van der Waals surface area contributed by atoms with Gasteiger partial charge in [-0.3, -0.25) is 15.1 Å². The van der Waals surface area contributed by atoms with Gasteiger partial charge in [0.2, 0.25) is 5.75 Å². The molecule has 0 aliphatic heterocycles. The lowest BCUT2D eigenvalue weighted by molar-refractivity contribution is -0.386. The fraction of sp³-hybridized carbons (Fsp3) is 0.500. The quantitative estimate of drug-likeness (QED) is 0.633. The van der Waals surface area contributed by atoms with Crippen LogP contribution in [-0.4, -0.2) is 16.0 Å². The minimum absolute atomic E-state index is 0.0822. The van der Waals surface area contributed by atoms with Crippen LogP contribution in [0.1, 0.15) is 25.7 Å². The van der Waals surface area contributed by atoms with Gasteiger partial charge in [-0.1, -0.05) is 0 Å². The van der Waals surface area contributed by atoms with E-state index in [9.17, 15) is 10.1 Å². The molecule has 0 atom stereocenters. The average Bonchev–Trinajstić information content (AvgIpc) is 2.73. The van der Waals surface area contributed by atoms with Gasteiger partial charge < -0.3 is 4.74 Å². The van der Waals surface area contributed by atoms with E-state index in [-0.39, 0.29) is 11.8 Å². The predicted octanol–water partition coefficient (Wildman–Crippen LogP) is 3.07. The highest BCUT2D eigenvalue weighted by atomic mass is 79.9. The first-order valence-electron chi connectivity index (χ1n) is 5.13. The summed E-state index contributed by atoms with van der Waals surface area (Å²) < 4.78 is 6.21. The zero-order valence-electron chi connectivity index (χ0n) is 8.56. The van der Waals surface area contributed by atoms with Crippen LogP contribution in [0.2, 0.25) is 0 Å². The van der Waals surface area contributed by atoms with Crippen LogP contribution in [0.15, 0.2) is 16.9 Å². The molecule has 1 fully saturated rings. The van der Waals surface area contributed by atoms with Crippen LogP contribution in [0, 0.1) is 10.1 Å². The van der Waals surface area contributed by atoms with Crippen LogP contribution in [0.25, 0.3) is 0 Å². The van der Waals surface area contributed by atoms with E-state index >= 15 is 0 Å². The molecule has 0 unspecified atom stereocenters. The molecule has 1 heterocycles. The number of aromatic nitrogens is 1. The van der Waals surface area contributed by atoms with E-state index in [1.807, 2.05) is 0 Å². The van der Waals surface area contributed by atoms with Crippen molar-refractivity contribution in [1.29, 1.82) is 0 Å². The molecule has 1 aliphatic carbocycles. The van der Waals surface area contributed by atoms with E-state index in [4.69, 9.17) is 4.74 Å². The van der Waals surface area contributed by atoms with Gasteiger partial charge in [0.15, 0.2) is 0 Å². The summed E-state index contributed by atoms with van der Waals surface area (Å²) in [5, 5.41) is 10.8. The molecular formula is C10H11BrN2O3. The highest BCUT2D eigenvalue weighted by Crippen LogP contribution is 2.36. The van der Waals surface area contributed by atoms with Crippen molar-refractivity contribution in [3.05, 3.63) is 27.0 Å². The molecule has 0 aromatic carbocycles. The first-order valence-corrected chi connectivity index (χ1v) is 5.92. The van der Waals surface area contributed by atoms with Crippen molar-refractivity contribution in [1.82, 2.24) is 4.98 Å². The molecule has 1 saturated carbocycles. The Balaban J connectivity index is 2.26. The largest absolute Gasteiger partial charge is 0.483 e. The number of rotatable bonds is 3. The van der Waals surface area contributed by atoms with Gasteiger partial charge in [0.05, 0.1) is 15.5 Å². The molecule has 0 bridgehead atoms. The summed E-state index contributed by atoms with van der Waals surface area (Å²) in [6.07, 6.45) is 7.00.